The molecule has 6 heteroatoms. The molecule has 0 aliphatic carbocycles. The molecule has 1 aromatic heterocycles. The second kappa shape index (κ2) is 5.69. The fraction of sp³-hybridized carbons (Fsp3) is 0.412. The zero-order valence-corrected chi connectivity index (χ0v) is 13.6. The van der Waals surface area contributed by atoms with Crippen molar-refractivity contribution in [3.05, 3.63) is 52.2 Å². The molecule has 0 N–H and O–H groups in total. The molecule has 1 amide bonds. The van der Waals surface area contributed by atoms with E-state index >= 15 is 0 Å². The summed E-state index contributed by atoms with van der Waals surface area (Å²) < 4.78 is 12.9. The number of rotatable bonds is 4. The predicted molar refractivity (Wildman–Crippen MR) is 86.5 cm³/mol. The van der Waals surface area contributed by atoms with Gasteiger partial charge in [-0.25, -0.2) is 9.37 Å². The molecule has 4 rings (SSSR count). The van der Waals surface area contributed by atoms with Crippen molar-refractivity contribution in [3.8, 4) is 0 Å². The van der Waals surface area contributed by atoms with Crippen molar-refractivity contribution in [2.45, 2.75) is 13.0 Å². The first-order valence-corrected chi connectivity index (χ1v) is 8.68. The van der Waals surface area contributed by atoms with Crippen molar-refractivity contribution in [1.82, 2.24) is 14.8 Å². The van der Waals surface area contributed by atoms with E-state index in [1.165, 1.54) is 12.1 Å². The molecule has 2 aliphatic rings. The van der Waals surface area contributed by atoms with Gasteiger partial charge in [-0.3, -0.25) is 9.69 Å². The van der Waals surface area contributed by atoms with Crippen molar-refractivity contribution in [2.24, 2.45) is 5.41 Å². The number of thiazole rings is 1. The van der Waals surface area contributed by atoms with E-state index in [0.717, 1.165) is 44.0 Å². The van der Waals surface area contributed by atoms with E-state index in [-0.39, 0.29) is 11.7 Å². The van der Waals surface area contributed by atoms with E-state index in [0.29, 0.717) is 11.8 Å². The molecular weight excluding hydrogens is 313 g/mol. The Bertz CT molecular complexity index is 687. The normalized spacial score (nSPS) is 19.4. The van der Waals surface area contributed by atoms with Gasteiger partial charge in [0.2, 0.25) is 5.91 Å². The number of carbonyl (C=O) groups is 1. The van der Waals surface area contributed by atoms with Gasteiger partial charge in [0.05, 0.1) is 17.6 Å². The summed E-state index contributed by atoms with van der Waals surface area (Å²) >= 11 is 1.63. The quantitative estimate of drug-likeness (QED) is 0.861. The SMILES string of the molecule is O=C(Cc1ccc(F)cc1)N1CC2(CN(Cc3cscn3)C2)C1. The van der Waals surface area contributed by atoms with Gasteiger partial charge in [0.1, 0.15) is 5.82 Å². The summed E-state index contributed by atoms with van der Waals surface area (Å²) in [7, 11) is 0. The number of hydrogen-bond acceptors (Lipinski definition) is 4. The first-order chi connectivity index (χ1) is 11.1. The molecule has 1 aromatic carbocycles. The first kappa shape index (κ1) is 14.8. The van der Waals surface area contributed by atoms with Gasteiger partial charge in [-0.1, -0.05) is 12.1 Å². The zero-order valence-electron chi connectivity index (χ0n) is 12.7. The molecule has 3 heterocycles. The predicted octanol–water partition coefficient (Wildman–Crippen LogP) is 2.17. The van der Waals surface area contributed by atoms with E-state index in [1.54, 1.807) is 23.5 Å². The molecule has 4 nitrogen and oxygen atoms in total. The number of nitrogens with zero attached hydrogens (tertiary/aromatic N) is 3. The highest BCUT2D eigenvalue weighted by molar-refractivity contribution is 7.07. The highest BCUT2D eigenvalue weighted by atomic mass is 32.1. The first-order valence-electron chi connectivity index (χ1n) is 7.74. The lowest BCUT2D eigenvalue weighted by molar-refractivity contribution is -0.159. The molecule has 1 spiro atoms. The number of amides is 1. The van der Waals surface area contributed by atoms with Gasteiger partial charge in [-0.2, -0.15) is 0 Å². The second-order valence-electron chi connectivity index (χ2n) is 6.68. The van der Waals surface area contributed by atoms with Gasteiger partial charge in [0.15, 0.2) is 0 Å². The Labute approximate surface area is 138 Å². The second-order valence-corrected chi connectivity index (χ2v) is 7.40. The van der Waals surface area contributed by atoms with E-state index in [2.05, 4.69) is 15.3 Å². The Balaban J connectivity index is 1.24. The number of hydrogen-bond donors (Lipinski definition) is 0. The van der Waals surface area contributed by atoms with Gasteiger partial charge >= 0.3 is 0 Å². The van der Waals surface area contributed by atoms with E-state index in [9.17, 15) is 9.18 Å². The fourth-order valence-electron chi connectivity index (χ4n) is 3.59. The minimum absolute atomic E-state index is 0.139. The maximum Gasteiger partial charge on any atom is 0.227 e. The summed E-state index contributed by atoms with van der Waals surface area (Å²) in [5.74, 6) is -0.126. The molecular formula is C17H18FN3OS. The van der Waals surface area contributed by atoms with Crippen LogP contribution >= 0.6 is 11.3 Å². The van der Waals surface area contributed by atoms with Crippen LogP contribution in [0.5, 0.6) is 0 Å². The molecule has 2 saturated heterocycles. The van der Waals surface area contributed by atoms with E-state index < -0.39 is 0 Å². The minimum Gasteiger partial charge on any atom is -0.341 e. The van der Waals surface area contributed by atoms with Crippen LogP contribution in [0, 0.1) is 11.2 Å². The Hall–Kier alpha value is -1.79. The van der Waals surface area contributed by atoms with Crippen molar-refractivity contribution in [3.63, 3.8) is 0 Å². The van der Waals surface area contributed by atoms with Crippen LogP contribution < -0.4 is 0 Å². The third-order valence-corrected chi connectivity index (χ3v) is 5.30. The van der Waals surface area contributed by atoms with Crippen LogP contribution in [-0.2, 0) is 17.8 Å². The summed E-state index contributed by atoms with van der Waals surface area (Å²) in [5, 5.41) is 2.09. The maximum atomic E-state index is 12.9. The summed E-state index contributed by atoms with van der Waals surface area (Å²) in [5.41, 5.74) is 4.17. The van der Waals surface area contributed by atoms with Crippen LogP contribution in [0.2, 0.25) is 0 Å². The maximum absolute atomic E-state index is 12.9. The Morgan fingerprint density at radius 1 is 1.22 bits per heavy atom. The molecule has 0 saturated carbocycles. The van der Waals surface area contributed by atoms with E-state index in [4.69, 9.17) is 0 Å². The highest BCUT2D eigenvalue weighted by Gasteiger charge is 2.52. The molecule has 23 heavy (non-hydrogen) atoms. The van der Waals surface area contributed by atoms with Crippen molar-refractivity contribution >= 4 is 17.2 Å². The summed E-state index contributed by atoms with van der Waals surface area (Å²) in [6.07, 6.45) is 0.360. The summed E-state index contributed by atoms with van der Waals surface area (Å²) in [4.78, 5) is 20.9. The highest BCUT2D eigenvalue weighted by Crippen LogP contribution is 2.40. The van der Waals surface area contributed by atoms with Crippen molar-refractivity contribution in [2.75, 3.05) is 26.2 Å². The lowest BCUT2D eigenvalue weighted by Gasteiger charge is -2.60. The Morgan fingerprint density at radius 2 is 1.96 bits per heavy atom. The van der Waals surface area contributed by atoms with Gasteiger partial charge in [0, 0.05) is 43.5 Å². The number of benzene rings is 1. The van der Waals surface area contributed by atoms with Crippen molar-refractivity contribution in [1.29, 1.82) is 0 Å². The smallest absolute Gasteiger partial charge is 0.227 e. The number of carbonyl (C=O) groups excluding carboxylic acids is 1. The molecule has 2 fully saturated rings. The van der Waals surface area contributed by atoms with E-state index in [1.807, 2.05) is 10.4 Å². The molecule has 0 radical (unpaired) electrons. The standard InChI is InChI=1S/C17H18FN3OS/c18-14-3-1-13(2-4-14)5-16(22)21-10-17(11-21)8-20(9-17)6-15-7-23-12-19-15/h1-4,7,12H,5-6,8-11H2. The van der Waals surface area contributed by atoms with Crippen molar-refractivity contribution < 1.29 is 9.18 Å². The molecule has 120 valence electrons. The van der Waals surface area contributed by atoms with Gasteiger partial charge in [-0.15, -0.1) is 11.3 Å². The minimum atomic E-state index is -0.265. The average Bonchev–Trinajstić information content (AvgIpc) is 2.95. The average molecular weight is 331 g/mol. The monoisotopic (exact) mass is 331 g/mol. The summed E-state index contributed by atoms with van der Waals surface area (Å²) in [6, 6.07) is 6.18. The van der Waals surface area contributed by atoms with Crippen LogP contribution in [-0.4, -0.2) is 46.9 Å². The lowest BCUT2D eigenvalue weighted by Crippen LogP contribution is -2.72. The zero-order chi connectivity index (χ0) is 15.9. The molecule has 2 aromatic rings. The molecule has 0 unspecified atom stereocenters. The van der Waals surface area contributed by atoms with Crippen LogP contribution in [0.1, 0.15) is 11.3 Å². The topological polar surface area (TPSA) is 36.4 Å². The Kier molecular flexibility index (Phi) is 3.66. The van der Waals surface area contributed by atoms with Gasteiger partial charge < -0.3 is 4.90 Å². The Morgan fingerprint density at radius 3 is 2.61 bits per heavy atom. The largest absolute Gasteiger partial charge is 0.341 e. The summed E-state index contributed by atoms with van der Waals surface area (Å²) in [6.45, 7) is 4.70. The fourth-order valence-corrected chi connectivity index (χ4v) is 4.14. The van der Waals surface area contributed by atoms with Crippen LogP contribution in [0.25, 0.3) is 0 Å². The van der Waals surface area contributed by atoms with Crippen LogP contribution in [0.4, 0.5) is 4.39 Å². The van der Waals surface area contributed by atoms with Gasteiger partial charge in [0.25, 0.3) is 0 Å². The third-order valence-electron chi connectivity index (χ3n) is 4.66. The third kappa shape index (κ3) is 3.01. The number of likely N-dealkylation sites (tertiary alicyclic amines) is 2. The lowest BCUT2D eigenvalue weighted by atomic mass is 9.72. The molecule has 0 bridgehead atoms. The number of aromatic nitrogens is 1. The van der Waals surface area contributed by atoms with Crippen LogP contribution in [0.15, 0.2) is 35.2 Å². The molecule has 0 atom stereocenters. The molecule has 2 aliphatic heterocycles. The number of halogens is 1. The van der Waals surface area contributed by atoms with Gasteiger partial charge in [-0.05, 0) is 17.7 Å². The van der Waals surface area contributed by atoms with Crippen LogP contribution in [0.3, 0.4) is 0 Å².